The maximum atomic E-state index is 11.1. The molecule has 0 saturated heterocycles. The highest BCUT2D eigenvalue weighted by atomic mass is 16.1. The maximum Gasteiger partial charge on any atom is 0.286 e. The lowest BCUT2D eigenvalue weighted by atomic mass is 10.3. The van der Waals surface area contributed by atoms with Crippen LogP contribution in [-0.2, 0) is 0 Å². The highest BCUT2D eigenvalue weighted by molar-refractivity contribution is 5.90. The number of carbonyl (C=O) groups excluding carboxylic acids is 1. The van der Waals surface area contributed by atoms with E-state index >= 15 is 0 Å². The molecule has 1 aromatic carbocycles. The summed E-state index contributed by atoms with van der Waals surface area (Å²) in [7, 11) is 0. The lowest BCUT2D eigenvalue weighted by molar-refractivity contribution is 0.0990. The number of hydrogen-bond acceptors (Lipinski definition) is 4. The summed E-state index contributed by atoms with van der Waals surface area (Å²) in [5, 5.41) is 4.98. The Morgan fingerprint density at radius 3 is 2.67 bits per heavy atom. The van der Waals surface area contributed by atoms with Crippen molar-refractivity contribution in [2.45, 2.75) is 0 Å². The summed E-state index contributed by atoms with van der Waals surface area (Å²) in [5.74, 6) is -0.669. The SMILES string of the molecule is NC(=O)c1ncc2cnn(-c3ccccc3)c2n1. The molecule has 0 aliphatic rings. The fourth-order valence-corrected chi connectivity index (χ4v) is 1.69. The first-order valence-electron chi connectivity index (χ1n) is 5.32. The van der Waals surface area contributed by atoms with Gasteiger partial charge in [0.15, 0.2) is 5.65 Å². The Hall–Kier alpha value is -2.76. The van der Waals surface area contributed by atoms with E-state index in [1.165, 1.54) is 6.20 Å². The number of carbonyl (C=O) groups is 1. The van der Waals surface area contributed by atoms with E-state index in [9.17, 15) is 4.79 Å². The molecule has 0 bridgehead atoms. The van der Waals surface area contributed by atoms with Crippen LogP contribution in [0.2, 0.25) is 0 Å². The molecular weight excluding hydrogens is 230 g/mol. The Bertz CT molecular complexity index is 720. The van der Waals surface area contributed by atoms with Crippen molar-refractivity contribution in [2.24, 2.45) is 5.73 Å². The number of amides is 1. The lowest BCUT2D eigenvalue weighted by Crippen LogP contribution is -2.15. The molecule has 0 unspecified atom stereocenters. The summed E-state index contributed by atoms with van der Waals surface area (Å²) < 4.78 is 1.64. The first-order valence-corrected chi connectivity index (χ1v) is 5.32. The summed E-state index contributed by atoms with van der Waals surface area (Å²) >= 11 is 0. The van der Waals surface area contributed by atoms with Crippen LogP contribution in [-0.4, -0.2) is 25.7 Å². The first kappa shape index (κ1) is 10.4. The monoisotopic (exact) mass is 239 g/mol. The van der Waals surface area contributed by atoms with Crippen molar-refractivity contribution >= 4 is 16.9 Å². The normalized spacial score (nSPS) is 10.7. The van der Waals surface area contributed by atoms with Crippen LogP contribution in [0, 0.1) is 0 Å². The largest absolute Gasteiger partial charge is 0.363 e. The third-order valence-corrected chi connectivity index (χ3v) is 2.53. The molecule has 3 rings (SSSR count). The van der Waals surface area contributed by atoms with E-state index in [-0.39, 0.29) is 5.82 Å². The number of aromatic nitrogens is 4. The minimum absolute atomic E-state index is 0.0137. The first-order chi connectivity index (χ1) is 8.75. The second-order valence-corrected chi connectivity index (χ2v) is 3.73. The van der Waals surface area contributed by atoms with Crippen LogP contribution >= 0.6 is 0 Å². The second-order valence-electron chi connectivity index (χ2n) is 3.73. The Kier molecular flexibility index (Phi) is 2.26. The van der Waals surface area contributed by atoms with E-state index in [1.54, 1.807) is 10.9 Å². The molecule has 0 aliphatic heterocycles. The molecule has 1 amide bonds. The molecule has 3 aromatic rings. The molecule has 2 aromatic heterocycles. The van der Waals surface area contributed by atoms with Crippen molar-refractivity contribution in [1.29, 1.82) is 0 Å². The topological polar surface area (TPSA) is 86.7 Å². The molecule has 0 spiro atoms. The van der Waals surface area contributed by atoms with Crippen molar-refractivity contribution in [3.8, 4) is 5.69 Å². The number of nitrogens with zero attached hydrogens (tertiary/aromatic N) is 4. The van der Waals surface area contributed by atoms with Crippen molar-refractivity contribution in [3.05, 3.63) is 48.5 Å². The Balaban J connectivity index is 2.24. The molecule has 0 aliphatic carbocycles. The summed E-state index contributed by atoms with van der Waals surface area (Å²) in [6.45, 7) is 0. The van der Waals surface area contributed by atoms with Gasteiger partial charge in [-0.25, -0.2) is 14.6 Å². The van der Waals surface area contributed by atoms with E-state index in [0.717, 1.165) is 11.1 Å². The summed E-state index contributed by atoms with van der Waals surface area (Å²) in [6.07, 6.45) is 3.18. The highest BCUT2D eigenvalue weighted by Crippen LogP contribution is 2.15. The number of benzene rings is 1. The molecule has 18 heavy (non-hydrogen) atoms. The number of hydrogen-bond donors (Lipinski definition) is 1. The quantitative estimate of drug-likeness (QED) is 0.720. The van der Waals surface area contributed by atoms with Gasteiger partial charge in [-0.1, -0.05) is 18.2 Å². The fourth-order valence-electron chi connectivity index (χ4n) is 1.69. The average Bonchev–Trinajstić information content (AvgIpc) is 2.82. The van der Waals surface area contributed by atoms with Gasteiger partial charge >= 0.3 is 0 Å². The predicted molar refractivity (Wildman–Crippen MR) is 65.2 cm³/mol. The van der Waals surface area contributed by atoms with E-state index in [1.807, 2.05) is 30.3 Å². The zero-order chi connectivity index (χ0) is 12.5. The van der Waals surface area contributed by atoms with Gasteiger partial charge in [0, 0.05) is 6.20 Å². The number of primary amides is 1. The van der Waals surface area contributed by atoms with Gasteiger partial charge < -0.3 is 5.73 Å². The highest BCUT2D eigenvalue weighted by Gasteiger charge is 2.10. The molecule has 0 atom stereocenters. The molecule has 88 valence electrons. The van der Waals surface area contributed by atoms with Gasteiger partial charge in [-0.15, -0.1) is 0 Å². The average molecular weight is 239 g/mol. The summed E-state index contributed by atoms with van der Waals surface area (Å²) in [4.78, 5) is 19.1. The smallest absolute Gasteiger partial charge is 0.286 e. The molecule has 6 nitrogen and oxygen atoms in total. The van der Waals surface area contributed by atoms with Gasteiger partial charge in [0.1, 0.15) is 0 Å². The van der Waals surface area contributed by atoms with E-state index in [2.05, 4.69) is 15.1 Å². The van der Waals surface area contributed by atoms with Crippen LogP contribution in [0.5, 0.6) is 0 Å². The Morgan fingerprint density at radius 1 is 1.17 bits per heavy atom. The summed E-state index contributed by atoms with van der Waals surface area (Å²) in [5.41, 5.74) is 6.59. The second kappa shape index (κ2) is 3.92. The standard InChI is InChI=1S/C12H9N5O/c13-10(18)11-14-6-8-7-15-17(12(8)16-11)9-4-2-1-3-5-9/h1-7H,(H2,13,18). The molecule has 0 fully saturated rings. The van der Waals surface area contributed by atoms with Crippen LogP contribution < -0.4 is 5.73 Å². The molecule has 6 heteroatoms. The minimum atomic E-state index is -0.655. The zero-order valence-electron chi connectivity index (χ0n) is 9.32. The molecule has 0 radical (unpaired) electrons. The Labute approximate surface area is 102 Å². The van der Waals surface area contributed by atoms with Gasteiger partial charge in [0.25, 0.3) is 5.91 Å². The van der Waals surface area contributed by atoms with E-state index in [4.69, 9.17) is 5.73 Å². The molecule has 2 N–H and O–H groups in total. The van der Waals surface area contributed by atoms with Crippen LogP contribution in [0.25, 0.3) is 16.7 Å². The minimum Gasteiger partial charge on any atom is -0.363 e. The fraction of sp³-hybridized carbons (Fsp3) is 0. The molecule has 0 saturated carbocycles. The van der Waals surface area contributed by atoms with Crippen LogP contribution in [0.1, 0.15) is 10.6 Å². The van der Waals surface area contributed by atoms with E-state index < -0.39 is 5.91 Å². The Morgan fingerprint density at radius 2 is 1.94 bits per heavy atom. The lowest BCUT2D eigenvalue weighted by Gasteiger charge is -2.02. The van der Waals surface area contributed by atoms with Crippen molar-refractivity contribution in [1.82, 2.24) is 19.7 Å². The van der Waals surface area contributed by atoms with Gasteiger partial charge in [-0.3, -0.25) is 4.79 Å². The maximum absolute atomic E-state index is 11.1. The molecule has 2 heterocycles. The van der Waals surface area contributed by atoms with Crippen LogP contribution in [0.3, 0.4) is 0 Å². The van der Waals surface area contributed by atoms with Gasteiger partial charge in [-0.05, 0) is 12.1 Å². The third kappa shape index (κ3) is 1.60. The van der Waals surface area contributed by atoms with Crippen molar-refractivity contribution in [3.63, 3.8) is 0 Å². The molecular formula is C12H9N5O. The van der Waals surface area contributed by atoms with Gasteiger partial charge in [0.05, 0.1) is 17.3 Å². The number of nitrogens with two attached hydrogens (primary N) is 1. The van der Waals surface area contributed by atoms with Crippen LogP contribution in [0.15, 0.2) is 42.7 Å². The van der Waals surface area contributed by atoms with Crippen LogP contribution in [0.4, 0.5) is 0 Å². The predicted octanol–water partition coefficient (Wildman–Crippen LogP) is 0.914. The van der Waals surface area contributed by atoms with Gasteiger partial charge in [-0.2, -0.15) is 5.10 Å². The van der Waals surface area contributed by atoms with Crippen molar-refractivity contribution in [2.75, 3.05) is 0 Å². The van der Waals surface area contributed by atoms with E-state index in [0.29, 0.717) is 5.65 Å². The number of rotatable bonds is 2. The number of fused-ring (bicyclic) bond motifs is 1. The zero-order valence-corrected chi connectivity index (χ0v) is 9.32. The van der Waals surface area contributed by atoms with Gasteiger partial charge in [0.2, 0.25) is 5.82 Å². The number of para-hydroxylation sites is 1. The summed E-state index contributed by atoms with van der Waals surface area (Å²) in [6, 6.07) is 9.52. The van der Waals surface area contributed by atoms with Crippen molar-refractivity contribution < 1.29 is 4.79 Å². The third-order valence-electron chi connectivity index (χ3n) is 2.53.